The van der Waals surface area contributed by atoms with Crippen LogP contribution in [0.1, 0.15) is 43.2 Å². The van der Waals surface area contributed by atoms with Crippen molar-refractivity contribution in [3.05, 3.63) is 29.3 Å². The minimum Gasteiger partial charge on any atom is -0.412 e. The number of nitrogens with zero attached hydrogens (tertiary/aromatic N) is 1. The molecule has 0 atom stereocenters. The van der Waals surface area contributed by atoms with Crippen LogP contribution in [0, 0.1) is 13.8 Å². The SMILES string of the molecule is Cc1cccc(C)c1NC(=O)CC12CCCN1CCC2.Cl.O.O. The summed E-state index contributed by atoms with van der Waals surface area (Å²) in [5.41, 5.74) is 3.45. The van der Waals surface area contributed by atoms with E-state index in [0.29, 0.717) is 6.42 Å². The van der Waals surface area contributed by atoms with E-state index in [4.69, 9.17) is 0 Å². The van der Waals surface area contributed by atoms with E-state index in [1.165, 1.54) is 38.8 Å². The smallest absolute Gasteiger partial charge is 0.226 e. The molecule has 2 fully saturated rings. The molecule has 1 amide bonds. The molecule has 0 aliphatic carbocycles. The zero-order valence-electron chi connectivity index (χ0n) is 13.9. The van der Waals surface area contributed by atoms with Gasteiger partial charge < -0.3 is 16.3 Å². The second-order valence-electron chi connectivity index (χ2n) is 6.41. The number of fused-ring (bicyclic) bond motifs is 1. The Kier molecular flexibility index (Phi) is 8.21. The summed E-state index contributed by atoms with van der Waals surface area (Å²) in [6, 6.07) is 6.14. The van der Waals surface area contributed by atoms with Crippen LogP contribution in [0.25, 0.3) is 0 Å². The van der Waals surface area contributed by atoms with E-state index in [1.54, 1.807) is 0 Å². The highest BCUT2D eigenvalue weighted by molar-refractivity contribution is 5.93. The molecule has 2 aliphatic rings. The summed E-state index contributed by atoms with van der Waals surface area (Å²) in [7, 11) is 0. The van der Waals surface area contributed by atoms with E-state index in [2.05, 4.69) is 36.2 Å². The maximum Gasteiger partial charge on any atom is 0.226 e. The molecule has 0 bridgehead atoms. The van der Waals surface area contributed by atoms with E-state index in [0.717, 1.165) is 16.8 Å². The predicted octanol–water partition coefficient (Wildman–Crippen LogP) is 2.03. The summed E-state index contributed by atoms with van der Waals surface area (Å²) in [5.74, 6) is 0.177. The summed E-state index contributed by atoms with van der Waals surface area (Å²) in [4.78, 5) is 15.0. The monoisotopic (exact) mass is 344 g/mol. The van der Waals surface area contributed by atoms with Crippen molar-refractivity contribution in [2.75, 3.05) is 18.4 Å². The second-order valence-corrected chi connectivity index (χ2v) is 6.41. The molecule has 2 aliphatic heterocycles. The third kappa shape index (κ3) is 4.23. The Morgan fingerprint density at radius 3 is 2.17 bits per heavy atom. The van der Waals surface area contributed by atoms with Crippen LogP contribution in [0.2, 0.25) is 0 Å². The van der Waals surface area contributed by atoms with E-state index >= 15 is 0 Å². The number of para-hydroxylation sites is 1. The third-order valence-corrected chi connectivity index (χ3v) is 5.05. The van der Waals surface area contributed by atoms with Crippen molar-refractivity contribution < 1.29 is 15.7 Å². The first kappa shape index (κ1) is 21.9. The molecule has 6 heteroatoms. The number of nitrogens with one attached hydrogen (secondary N) is 1. The van der Waals surface area contributed by atoms with Crippen molar-refractivity contribution in [2.24, 2.45) is 0 Å². The zero-order chi connectivity index (χ0) is 14.2. The second kappa shape index (κ2) is 8.64. The van der Waals surface area contributed by atoms with Gasteiger partial charge in [0.05, 0.1) is 0 Å². The maximum absolute atomic E-state index is 12.5. The molecule has 1 aromatic rings. The van der Waals surface area contributed by atoms with Gasteiger partial charge >= 0.3 is 0 Å². The van der Waals surface area contributed by atoms with Crippen LogP contribution in [-0.4, -0.2) is 40.4 Å². The highest BCUT2D eigenvalue weighted by Gasteiger charge is 2.45. The molecule has 5 N–H and O–H groups in total. The summed E-state index contributed by atoms with van der Waals surface area (Å²) >= 11 is 0. The lowest BCUT2D eigenvalue weighted by Crippen LogP contribution is -2.41. The average Bonchev–Trinajstić information content (AvgIpc) is 2.93. The molecule has 0 radical (unpaired) electrons. The molecule has 3 rings (SSSR count). The van der Waals surface area contributed by atoms with Gasteiger partial charge in [0, 0.05) is 17.6 Å². The molecule has 0 unspecified atom stereocenters. The Morgan fingerprint density at radius 2 is 1.65 bits per heavy atom. The Balaban J connectivity index is 0.00000161. The fourth-order valence-corrected chi connectivity index (χ4v) is 4.01. The molecular formula is C17H29ClN2O3. The molecule has 0 saturated carbocycles. The summed E-state index contributed by atoms with van der Waals surface area (Å²) < 4.78 is 0. The number of carbonyl (C=O) groups excluding carboxylic acids is 1. The highest BCUT2D eigenvalue weighted by Crippen LogP contribution is 2.41. The first-order chi connectivity index (χ1) is 9.61. The normalized spacial score (nSPS) is 18.2. The van der Waals surface area contributed by atoms with Crippen LogP contribution in [0.5, 0.6) is 0 Å². The molecule has 23 heavy (non-hydrogen) atoms. The minimum absolute atomic E-state index is 0. The number of amides is 1. The fourth-order valence-electron chi connectivity index (χ4n) is 4.01. The summed E-state index contributed by atoms with van der Waals surface area (Å²) in [5, 5.41) is 3.15. The number of aryl methyl sites for hydroxylation is 2. The number of hydrogen-bond donors (Lipinski definition) is 1. The van der Waals surface area contributed by atoms with Gasteiger partial charge in [-0.05, 0) is 63.7 Å². The predicted molar refractivity (Wildman–Crippen MR) is 96.4 cm³/mol. The summed E-state index contributed by atoms with van der Waals surface area (Å²) in [6.07, 6.45) is 5.52. The molecule has 0 aromatic heterocycles. The summed E-state index contributed by atoms with van der Waals surface area (Å²) in [6.45, 7) is 6.46. The van der Waals surface area contributed by atoms with E-state index in [9.17, 15) is 4.79 Å². The topological polar surface area (TPSA) is 95.3 Å². The molecule has 1 aromatic carbocycles. The van der Waals surface area contributed by atoms with E-state index in [1.807, 2.05) is 6.07 Å². The quantitative estimate of drug-likeness (QED) is 0.908. The van der Waals surface area contributed by atoms with Gasteiger partial charge in [0.25, 0.3) is 0 Å². The van der Waals surface area contributed by atoms with Crippen molar-refractivity contribution in [1.29, 1.82) is 0 Å². The number of anilines is 1. The lowest BCUT2D eigenvalue weighted by Gasteiger charge is -2.31. The first-order valence-electron chi connectivity index (χ1n) is 7.72. The van der Waals surface area contributed by atoms with Crippen LogP contribution < -0.4 is 5.32 Å². The Bertz CT molecular complexity index is 506. The van der Waals surface area contributed by atoms with Crippen molar-refractivity contribution in [2.45, 2.75) is 51.5 Å². The van der Waals surface area contributed by atoms with Gasteiger partial charge in [-0.25, -0.2) is 0 Å². The Morgan fingerprint density at radius 1 is 1.13 bits per heavy atom. The van der Waals surface area contributed by atoms with E-state index < -0.39 is 0 Å². The number of benzene rings is 1. The van der Waals surface area contributed by atoms with Crippen LogP contribution in [0.15, 0.2) is 18.2 Å². The highest BCUT2D eigenvalue weighted by atomic mass is 35.5. The van der Waals surface area contributed by atoms with Crippen LogP contribution in [0.3, 0.4) is 0 Å². The molecule has 2 heterocycles. The molecule has 132 valence electrons. The van der Waals surface area contributed by atoms with Gasteiger partial charge in [-0.1, -0.05) is 18.2 Å². The largest absolute Gasteiger partial charge is 0.412 e. The Labute approximate surface area is 144 Å². The van der Waals surface area contributed by atoms with Crippen LogP contribution >= 0.6 is 12.4 Å². The lowest BCUT2D eigenvalue weighted by atomic mass is 9.90. The third-order valence-electron chi connectivity index (χ3n) is 5.05. The van der Waals surface area contributed by atoms with Crippen LogP contribution in [0.4, 0.5) is 5.69 Å². The molecule has 2 saturated heterocycles. The van der Waals surface area contributed by atoms with Gasteiger partial charge in [-0.2, -0.15) is 0 Å². The van der Waals surface area contributed by atoms with Gasteiger partial charge in [0.2, 0.25) is 5.91 Å². The number of hydrogen-bond acceptors (Lipinski definition) is 2. The lowest BCUT2D eigenvalue weighted by molar-refractivity contribution is -0.118. The number of carbonyl (C=O) groups is 1. The van der Waals surface area contributed by atoms with Crippen LogP contribution in [-0.2, 0) is 4.79 Å². The molecule has 5 nitrogen and oxygen atoms in total. The Hall–Kier alpha value is -1.14. The van der Waals surface area contributed by atoms with Crippen molar-refractivity contribution in [3.8, 4) is 0 Å². The number of halogens is 1. The fraction of sp³-hybridized carbons (Fsp3) is 0.588. The van der Waals surface area contributed by atoms with Crippen molar-refractivity contribution >= 4 is 24.0 Å². The van der Waals surface area contributed by atoms with Gasteiger partial charge in [-0.15, -0.1) is 12.4 Å². The van der Waals surface area contributed by atoms with Crippen molar-refractivity contribution in [1.82, 2.24) is 4.90 Å². The van der Waals surface area contributed by atoms with Gasteiger partial charge in [0.1, 0.15) is 0 Å². The average molecular weight is 345 g/mol. The van der Waals surface area contributed by atoms with Crippen molar-refractivity contribution in [3.63, 3.8) is 0 Å². The zero-order valence-corrected chi connectivity index (χ0v) is 14.8. The van der Waals surface area contributed by atoms with Gasteiger partial charge in [0.15, 0.2) is 0 Å². The molecular weight excluding hydrogens is 316 g/mol. The number of rotatable bonds is 3. The molecule has 0 spiro atoms. The van der Waals surface area contributed by atoms with Gasteiger partial charge in [-0.3, -0.25) is 9.69 Å². The standard InChI is InChI=1S/C17H24N2O.ClH.2H2O/c1-13-6-3-7-14(2)16(13)18-15(20)12-17-8-4-10-19(17)11-5-9-17;;;/h3,6-7H,4-5,8-12H2,1-2H3,(H,18,20);1H;2*1H2. The first-order valence-corrected chi connectivity index (χ1v) is 7.72. The van der Waals surface area contributed by atoms with E-state index in [-0.39, 0.29) is 34.8 Å². The maximum atomic E-state index is 12.5. The minimum atomic E-state index is 0.